The first-order valence-corrected chi connectivity index (χ1v) is 7.40. The van der Waals surface area contributed by atoms with Crippen LogP contribution in [0.4, 0.5) is 8.78 Å². The fourth-order valence-corrected chi connectivity index (χ4v) is 4.16. The molecule has 2 saturated carbocycles. The van der Waals surface area contributed by atoms with Gasteiger partial charge in [0.25, 0.3) is 0 Å². The van der Waals surface area contributed by atoms with E-state index in [0.717, 1.165) is 18.5 Å². The minimum absolute atomic E-state index is 0.00222. The van der Waals surface area contributed by atoms with Crippen molar-refractivity contribution >= 4 is 0 Å². The van der Waals surface area contributed by atoms with E-state index >= 15 is 0 Å². The van der Waals surface area contributed by atoms with Gasteiger partial charge in [0.2, 0.25) is 5.92 Å². The molecule has 0 aromatic carbocycles. The van der Waals surface area contributed by atoms with E-state index < -0.39 is 5.92 Å². The van der Waals surface area contributed by atoms with Crippen LogP contribution in [0.25, 0.3) is 0 Å². The average molecular weight is 299 g/mol. The van der Waals surface area contributed by atoms with Crippen LogP contribution in [0.2, 0.25) is 0 Å². The van der Waals surface area contributed by atoms with Crippen molar-refractivity contribution in [1.82, 2.24) is 15.0 Å². The molecule has 2 atom stereocenters. The van der Waals surface area contributed by atoms with E-state index in [1.165, 1.54) is 0 Å². The lowest BCUT2D eigenvalue weighted by Crippen LogP contribution is -2.52. The Morgan fingerprint density at radius 1 is 1.33 bits per heavy atom. The molecular weight excluding hydrogens is 280 g/mol. The molecule has 1 aliphatic heterocycles. The summed E-state index contributed by atoms with van der Waals surface area (Å²) in [5.41, 5.74) is 0.793. The largest absolute Gasteiger partial charge is 0.377 e. The van der Waals surface area contributed by atoms with Crippen molar-refractivity contribution in [2.45, 2.75) is 49.7 Å². The third kappa shape index (κ3) is 2.17. The molecule has 2 heterocycles. The molecule has 7 heteroatoms. The Balaban J connectivity index is 1.40. The number of rotatable bonds is 3. The summed E-state index contributed by atoms with van der Waals surface area (Å²) < 4.78 is 38.6. The summed E-state index contributed by atoms with van der Waals surface area (Å²) in [6.45, 7) is 1.14. The lowest BCUT2D eigenvalue weighted by atomic mass is 9.50. The van der Waals surface area contributed by atoms with Crippen molar-refractivity contribution in [2.24, 2.45) is 5.41 Å². The first-order chi connectivity index (χ1) is 10.0. The van der Waals surface area contributed by atoms with E-state index in [1.54, 1.807) is 11.8 Å². The van der Waals surface area contributed by atoms with Crippen LogP contribution in [0.1, 0.15) is 43.3 Å². The molecule has 116 valence electrons. The van der Waals surface area contributed by atoms with Gasteiger partial charge in [0.1, 0.15) is 12.1 Å². The Bertz CT molecular complexity index is 532. The van der Waals surface area contributed by atoms with Gasteiger partial charge < -0.3 is 9.47 Å². The SMILES string of the molecule is CO[C@@H]1COC[C@H]1n1cc(C2CC3(C2)CC(F)(F)C3)nn1. The molecule has 5 nitrogen and oxygen atoms in total. The summed E-state index contributed by atoms with van der Waals surface area (Å²) in [5, 5.41) is 8.40. The van der Waals surface area contributed by atoms with Gasteiger partial charge in [-0.25, -0.2) is 13.5 Å². The molecule has 1 aromatic heterocycles. The van der Waals surface area contributed by atoms with E-state index in [4.69, 9.17) is 9.47 Å². The summed E-state index contributed by atoms with van der Waals surface area (Å²) in [6, 6.07) is 0.0540. The zero-order valence-corrected chi connectivity index (χ0v) is 12.0. The molecule has 21 heavy (non-hydrogen) atoms. The van der Waals surface area contributed by atoms with Gasteiger partial charge in [0.15, 0.2) is 0 Å². The van der Waals surface area contributed by atoms with E-state index in [2.05, 4.69) is 10.3 Å². The Labute approximate surface area is 121 Å². The van der Waals surface area contributed by atoms with Gasteiger partial charge in [-0.05, 0) is 18.3 Å². The summed E-state index contributed by atoms with van der Waals surface area (Å²) >= 11 is 0. The fraction of sp³-hybridized carbons (Fsp3) is 0.857. The van der Waals surface area contributed by atoms with E-state index in [9.17, 15) is 8.78 Å². The number of alkyl halides is 2. The van der Waals surface area contributed by atoms with Crippen LogP contribution in [0.15, 0.2) is 6.20 Å². The molecule has 3 aliphatic rings. The third-order valence-corrected chi connectivity index (χ3v) is 5.21. The van der Waals surface area contributed by atoms with E-state index in [0.29, 0.717) is 13.2 Å². The molecule has 0 radical (unpaired) electrons. The van der Waals surface area contributed by atoms with Gasteiger partial charge in [-0.15, -0.1) is 5.10 Å². The molecule has 1 aromatic rings. The molecule has 3 fully saturated rings. The summed E-state index contributed by atoms with van der Waals surface area (Å²) in [5.74, 6) is -2.16. The van der Waals surface area contributed by atoms with Gasteiger partial charge in [-0.2, -0.15) is 0 Å². The lowest BCUT2D eigenvalue weighted by molar-refractivity contribution is -0.196. The minimum atomic E-state index is -2.44. The monoisotopic (exact) mass is 299 g/mol. The third-order valence-electron chi connectivity index (χ3n) is 5.21. The molecule has 0 bridgehead atoms. The van der Waals surface area contributed by atoms with Crippen LogP contribution in [0.3, 0.4) is 0 Å². The maximum absolute atomic E-state index is 13.0. The van der Waals surface area contributed by atoms with Crippen molar-refractivity contribution < 1.29 is 18.3 Å². The Kier molecular flexibility index (Phi) is 2.88. The first-order valence-electron chi connectivity index (χ1n) is 7.40. The summed E-state index contributed by atoms with van der Waals surface area (Å²) in [4.78, 5) is 0. The normalized spacial score (nSPS) is 33.9. The maximum atomic E-state index is 13.0. The summed E-state index contributed by atoms with van der Waals surface area (Å²) in [7, 11) is 1.66. The lowest BCUT2D eigenvalue weighted by Gasteiger charge is -2.56. The first kappa shape index (κ1) is 13.6. The number of aromatic nitrogens is 3. The van der Waals surface area contributed by atoms with E-state index in [-0.39, 0.29) is 36.3 Å². The molecule has 0 N–H and O–H groups in total. The Morgan fingerprint density at radius 3 is 2.76 bits per heavy atom. The highest BCUT2D eigenvalue weighted by molar-refractivity contribution is 5.17. The summed E-state index contributed by atoms with van der Waals surface area (Å²) in [6.07, 6.45) is 3.66. The molecule has 0 unspecified atom stereocenters. The highest BCUT2D eigenvalue weighted by Crippen LogP contribution is 2.66. The van der Waals surface area contributed by atoms with Crippen LogP contribution in [-0.2, 0) is 9.47 Å². The second-order valence-electron chi connectivity index (χ2n) is 6.82. The number of nitrogens with zero attached hydrogens (tertiary/aromatic N) is 3. The number of hydrogen-bond donors (Lipinski definition) is 0. The van der Waals surface area contributed by atoms with Crippen LogP contribution >= 0.6 is 0 Å². The van der Waals surface area contributed by atoms with Crippen molar-refractivity contribution in [3.8, 4) is 0 Å². The molecule has 1 saturated heterocycles. The second kappa shape index (κ2) is 4.46. The number of methoxy groups -OCH3 is 1. The van der Waals surface area contributed by atoms with Gasteiger partial charge >= 0.3 is 0 Å². The van der Waals surface area contributed by atoms with Gasteiger partial charge in [-0.1, -0.05) is 5.21 Å². The zero-order chi connectivity index (χ0) is 14.7. The molecule has 1 spiro atoms. The highest BCUT2D eigenvalue weighted by Gasteiger charge is 2.62. The molecule has 0 amide bonds. The molecule has 2 aliphatic carbocycles. The van der Waals surface area contributed by atoms with E-state index in [1.807, 2.05) is 6.20 Å². The molecular formula is C14H19F2N3O2. The van der Waals surface area contributed by atoms with Crippen molar-refractivity contribution in [3.05, 3.63) is 11.9 Å². The molecule has 4 rings (SSSR count). The second-order valence-corrected chi connectivity index (χ2v) is 6.82. The number of halogens is 2. The highest BCUT2D eigenvalue weighted by atomic mass is 19.3. The quantitative estimate of drug-likeness (QED) is 0.858. The van der Waals surface area contributed by atoms with Gasteiger partial charge in [0.05, 0.1) is 18.9 Å². The van der Waals surface area contributed by atoms with Crippen LogP contribution in [-0.4, -0.2) is 47.3 Å². The van der Waals surface area contributed by atoms with Gasteiger partial charge in [-0.3, -0.25) is 0 Å². The number of hydrogen-bond acceptors (Lipinski definition) is 4. The smallest absolute Gasteiger partial charge is 0.249 e. The minimum Gasteiger partial charge on any atom is -0.377 e. The zero-order valence-electron chi connectivity index (χ0n) is 12.0. The average Bonchev–Trinajstić information content (AvgIpc) is 3.00. The van der Waals surface area contributed by atoms with Crippen molar-refractivity contribution in [2.75, 3.05) is 20.3 Å². The predicted octanol–water partition coefficient (Wildman–Crippen LogP) is 2.16. The van der Waals surface area contributed by atoms with Gasteiger partial charge in [0, 0.05) is 32.1 Å². The van der Waals surface area contributed by atoms with Crippen molar-refractivity contribution in [1.29, 1.82) is 0 Å². The van der Waals surface area contributed by atoms with Crippen molar-refractivity contribution in [3.63, 3.8) is 0 Å². The fourth-order valence-electron chi connectivity index (χ4n) is 4.16. The number of ether oxygens (including phenoxy) is 2. The Morgan fingerprint density at radius 2 is 2.10 bits per heavy atom. The standard InChI is InChI=1S/C14H19F2N3O2/c1-20-12-6-21-5-11(12)19-4-10(17-18-19)9-2-13(3-9)7-14(15,16)8-13/h4,9,11-12H,2-3,5-8H2,1H3/t11-,12-/m1/s1. The Hall–Kier alpha value is -1.08. The maximum Gasteiger partial charge on any atom is 0.249 e. The van der Waals surface area contributed by atoms with Crippen LogP contribution < -0.4 is 0 Å². The topological polar surface area (TPSA) is 49.2 Å². The van der Waals surface area contributed by atoms with Crippen LogP contribution in [0.5, 0.6) is 0 Å². The van der Waals surface area contributed by atoms with Crippen LogP contribution in [0, 0.1) is 5.41 Å². The predicted molar refractivity (Wildman–Crippen MR) is 69.3 cm³/mol.